The number of benzene rings is 12. The summed E-state index contributed by atoms with van der Waals surface area (Å²) in [5, 5.41) is 13.1. The first-order chi connectivity index (χ1) is 37.7. The Kier molecular flexibility index (Phi) is 10.2. The van der Waals surface area contributed by atoms with Crippen molar-refractivity contribution in [2.45, 2.75) is 0 Å². The monoisotopic (exact) mass is 983 g/mol. The highest BCUT2D eigenvalue weighted by molar-refractivity contribution is 7.19. The molecule has 15 aromatic rings. The summed E-state index contributed by atoms with van der Waals surface area (Å²) in [7, 11) is -2.73. The van der Waals surface area contributed by atoms with Gasteiger partial charge in [0.15, 0.2) is 8.07 Å². The molecule has 3 heterocycles. The summed E-state index contributed by atoms with van der Waals surface area (Å²) in [5.41, 5.74) is 15.4. The van der Waals surface area contributed by atoms with Crippen molar-refractivity contribution in [3.8, 4) is 27.9 Å². The van der Waals surface area contributed by atoms with Crippen LogP contribution in [0.3, 0.4) is 0 Å². The van der Waals surface area contributed by atoms with Gasteiger partial charge in [0.05, 0.1) is 27.6 Å². The molecule has 0 aliphatic heterocycles. The standard InChI is InChI=1S/C72H49N3Si/c1-4-17-58(18-5-1)76(59-19-6-2-7-20-59,60-21-8-3-9-22-60)61-46-44-56(45-47-61)73(54-38-31-50(32-39-54)51-33-42-57(43-34-51)74-68-28-13-10-23-62(68)63-24-11-14-29-69(63)74)55-40-35-52(36-41-55)53-37-48-71-67(49-53)66-27-16-26-65-64-25-12-15-30-70(64)75(71)72(65)66/h1-49H. The molecular weight excluding hydrogens is 935 g/mol. The van der Waals surface area contributed by atoms with Crippen molar-refractivity contribution in [2.75, 3.05) is 4.90 Å². The number of nitrogens with zero attached hydrogens (tertiary/aromatic N) is 3. The van der Waals surface area contributed by atoms with Crippen LogP contribution in [0.25, 0.3) is 87.8 Å². The van der Waals surface area contributed by atoms with Gasteiger partial charge in [-0.3, -0.25) is 0 Å². The molecule has 0 spiro atoms. The Labute approximate surface area is 442 Å². The van der Waals surface area contributed by atoms with E-state index in [2.05, 4.69) is 311 Å². The van der Waals surface area contributed by atoms with E-state index in [9.17, 15) is 0 Å². The molecular formula is C72H49N3Si. The molecule has 0 aliphatic rings. The summed E-state index contributed by atoms with van der Waals surface area (Å²) in [6, 6.07) is 110. The maximum atomic E-state index is 2.45. The van der Waals surface area contributed by atoms with Crippen molar-refractivity contribution in [1.29, 1.82) is 0 Å². The van der Waals surface area contributed by atoms with E-state index in [4.69, 9.17) is 0 Å². The van der Waals surface area contributed by atoms with Crippen LogP contribution < -0.4 is 25.6 Å². The number of anilines is 3. The van der Waals surface area contributed by atoms with Crippen LogP contribution in [-0.4, -0.2) is 17.0 Å². The molecule has 0 amide bonds. The molecule has 0 atom stereocenters. The van der Waals surface area contributed by atoms with Gasteiger partial charge in [-0.25, -0.2) is 0 Å². The second-order valence-electron chi connectivity index (χ2n) is 20.0. The maximum absolute atomic E-state index is 2.73. The number of fused-ring (bicyclic) bond motifs is 9. The molecule has 0 aliphatic carbocycles. The normalized spacial score (nSPS) is 11.9. The first kappa shape index (κ1) is 43.8. The minimum absolute atomic E-state index is 1.09. The molecule has 3 nitrogen and oxygen atoms in total. The molecule has 0 fully saturated rings. The van der Waals surface area contributed by atoms with Gasteiger partial charge in [0.2, 0.25) is 0 Å². The predicted molar refractivity (Wildman–Crippen MR) is 325 cm³/mol. The van der Waals surface area contributed by atoms with Gasteiger partial charge in [-0.05, 0) is 122 Å². The summed E-state index contributed by atoms with van der Waals surface area (Å²) in [5.74, 6) is 0. The lowest BCUT2D eigenvalue weighted by atomic mass is 10.0. The molecule has 3 aromatic heterocycles. The molecule has 0 saturated heterocycles. The maximum Gasteiger partial charge on any atom is 0.179 e. The van der Waals surface area contributed by atoms with Gasteiger partial charge in [0.1, 0.15) is 0 Å². The minimum Gasteiger partial charge on any atom is -0.311 e. The topological polar surface area (TPSA) is 12.6 Å². The van der Waals surface area contributed by atoms with E-state index in [0.717, 1.165) is 22.7 Å². The summed E-state index contributed by atoms with van der Waals surface area (Å²) in [4.78, 5) is 2.40. The zero-order valence-corrected chi connectivity index (χ0v) is 42.6. The quantitative estimate of drug-likeness (QED) is 0.0983. The van der Waals surface area contributed by atoms with Crippen LogP contribution >= 0.6 is 0 Å². The van der Waals surface area contributed by atoms with Gasteiger partial charge in [0, 0.05) is 55.1 Å². The van der Waals surface area contributed by atoms with Crippen LogP contribution in [0.15, 0.2) is 297 Å². The highest BCUT2D eigenvalue weighted by Gasteiger charge is 2.41. The van der Waals surface area contributed by atoms with Crippen LogP contribution in [0.4, 0.5) is 17.1 Å². The zero-order chi connectivity index (χ0) is 50.2. The third-order valence-corrected chi connectivity index (χ3v) is 20.8. The minimum atomic E-state index is -2.73. The SMILES string of the molecule is c1ccc([Si](c2ccccc2)(c2ccccc2)c2ccc(N(c3ccc(-c4ccc(-n5c6ccccc6c6ccccc65)cc4)cc3)c3ccc(-c4ccc5c(c4)c4cccc6c7ccccc7n5c64)cc3)cc2)cc1. The molecule has 15 rings (SSSR count). The van der Waals surface area contributed by atoms with Crippen LogP contribution in [0.5, 0.6) is 0 Å². The van der Waals surface area contributed by atoms with Gasteiger partial charge in [-0.1, -0.05) is 218 Å². The summed E-state index contributed by atoms with van der Waals surface area (Å²) in [6.07, 6.45) is 0. The average molecular weight is 984 g/mol. The van der Waals surface area contributed by atoms with Gasteiger partial charge in [-0.2, -0.15) is 0 Å². The second kappa shape index (κ2) is 17.7. The molecule has 76 heavy (non-hydrogen) atoms. The molecule has 0 bridgehead atoms. The Bertz CT molecular complexity index is 4430. The highest BCUT2D eigenvalue weighted by Crippen LogP contribution is 2.42. The lowest BCUT2D eigenvalue weighted by molar-refractivity contribution is 1.18. The lowest BCUT2D eigenvalue weighted by Crippen LogP contribution is -2.74. The van der Waals surface area contributed by atoms with E-state index >= 15 is 0 Å². The number of hydrogen-bond donors (Lipinski definition) is 0. The third-order valence-electron chi connectivity index (χ3n) is 16.0. The fourth-order valence-corrected chi connectivity index (χ4v) is 17.3. The van der Waals surface area contributed by atoms with Crippen molar-refractivity contribution in [1.82, 2.24) is 8.97 Å². The van der Waals surface area contributed by atoms with Crippen molar-refractivity contribution >= 4 is 106 Å². The smallest absolute Gasteiger partial charge is 0.179 e. The van der Waals surface area contributed by atoms with Gasteiger partial charge < -0.3 is 13.9 Å². The van der Waals surface area contributed by atoms with Gasteiger partial charge in [0.25, 0.3) is 0 Å². The molecule has 4 heteroatoms. The lowest BCUT2D eigenvalue weighted by Gasteiger charge is -2.35. The fraction of sp³-hybridized carbons (Fsp3) is 0. The number of rotatable bonds is 10. The molecule has 0 saturated carbocycles. The van der Waals surface area contributed by atoms with E-state index in [-0.39, 0.29) is 0 Å². The first-order valence-electron chi connectivity index (χ1n) is 26.2. The summed E-state index contributed by atoms with van der Waals surface area (Å²) >= 11 is 0. The Morgan fingerprint density at radius 2 is 0.605 bits per heavy atom. The van der Waals surface area contributed by atoms with Crippen molar-refractivity contribution < 1.29 is 0 Å². The molecule has 12 aromatic carbocycles. The van der Waals surface area contributed by atoms with Crippen LogP contribution in [0.2, 0.25) is 0 Å². The Morgan fingerprint density at radius 1 is 0.250 bits per heavy atom. The number of hydrogen-bond acceptors (Lipinski definition) is 1. The molecule has 0 radical (unpaired) electrons. The highest BCUT2D eigenvalue weighted by atomic mass is 28.3. The van der Waals surface area contributed by atoms with Gasteiger partial charge in [-0.15, -0.1) is 0 Å². The summed E-state index contributed by atoms with van der Waals surface area (Å²) < 4.78 is 4.83. The van der Waals surface area contributed by atoms with Crippen LogP contribution in [-0.2, 0) is 0 Å². The van der Waals surface area contributed by atoms with Crippen LogP contribution in [0.1, 0.15) is 0 Å². The van der Waals surface area contributed by atoms with E-state index in [0.29, 0.717) is 0 Å². The van der Waals surface area contributed by atoms with Crippen LogP contribution in [0, 0.1) is 0 Å². The van der Waals surface area contributed by atoms with E-state index in [1.807, 2.05) is 0 Å². The zero-order valence-electron chi connectivity index (χ0n) is 41.6. The first-order valence-corrected chi connectivity index (χ1v) is 28.2. The molecule has 0 N–H and O–H groups in total. The average Bonchev–Trinajstić information content (AvgIpc) is 4.15. The Balaban J connectivity index is 0.828. The van der Waals surface area contributed by atoms with Crippen molar-refractivity contribution in [3.63, 3.8) is 0 Å². The predicted octanol–water partition coefficient (Wildman–Crippen LogP) is 16.1. The third kappa shape index (κ3) is 6.81. The van der Waals surface area contributed by atoms with Crippen molar-refractivity contribution in [3.05, 3.63) is 297 Å². The van der Waals surface area contributed by atoms with Gasteiger partial charge >= 0.3 is 0 Å². The van der Waals surface area contributed by atoms with E-state index < -0.39 is 8.07 Å². The van der Waals surface area contributed by atoms with Crippen molar-refractivity contribution in [2.24, 2.45) is 0 Å². The number of para-hydroxylation sites is 4. The Hall–Kier alpha value is -9.74. The Morgan fingerprint density at radius 3 is 1.12 bits per heavy atom. The van der Waals surface area contributed by atoms with E-state index in [1.165, 1.54) is 103 Å². The largest absolute Gasteiger partial charge is 0.311 e. The second-order valence-corrected chi connectivity index (χ2v) is 23.8. The summed E-state index contributed by atoms with van der Waals surface area (Å²) in [6.45, 7) is 0. The molecule has 356 valence electrons. The number of aromatic nitrogens is 2. The fourth-order valence-electron chi connectivity index (χ4n) is 12.6. The molecule has 0 unspecified atom stereocenters. The van der Waals surface area contributed by atoms with E-state index in [1.54, 1.807) is 0 Å².